The molecule has 4 amide bonds. The van der Waals surface area contributed by atoms with Crippen molar-refractivity contribution < 1.29 is 19.2 Å². The Morgan fingerprint density at radius 3 is 2.18 bits per heavy atom. The molecule has 3 atom stereocenters. The average molecular weight is 465 g/mol. The van der Waals surface area contributed by atoms with Gasteiger partial charge in [0.1, 0.15) is 12.1 Å². The van der Waals surface area contributed by atoms with Crippen LogP contribution in [0, 0.1) is 17.3 Å². The second kappa shape index (κ2) is 11.8. The summed E-state index contributed by atoms with van der Waals surface area (Å²) in [5, 5.41) is 8.52. The second-order valence-electron chi connectivity index (χ2n) is 11.0. The predicted octanol–water partition coefficient (Wildman–Crippen LogP) is 3.00. The third-order valence-corrected chi connectivity index (χ3v) is 6.90. The summed E-state index contributed by atoms with van der Waals surface area (Å²) in [5.74, 6) is 0.160. The van der Waals surface area contributed by atoms with Crippen molar-refractivity contribution in [2.45, 2.75) is 105 Å². The van der Waals surface area contributed by atoms with Gasteiger partial charge < -0.3 is 20.9 Å². The highest BCUT2D eigenvalue weighted by Gasteiger charge is 2.39. The van der Waals surface area contributed by atoms with Crippen molar-refractivity contribution in [2.24, 2.45) is 17.3 Å². The monoisotopic (exact) mass is 464 g/mol. The fourth-order valence-electron chi connectivity index (χ4n) is 4.51. The summed E-state index contributed by atoms with van der Waals surface area (Å²) < 4.78 is 0. The summed E-state index contributed by atoms with van der Waals surface area (Å²) in [4.78, 5) is 53.1. The number of Topliss-reactive ketones (excluding diaryl/α,β-unsaturated/α-hetero) is 1. The van der Waals surface area contributed by atoms with Crippen LogP contribution in [0.25, 0.3) is 0 Å². The molecular weight excluding hydrogens is 420 g/mol. The molecule has 188 valence electrons. The molecule has 1 heterocycles. The van der Waals surface area contributed by atoms with E-state index in [1.165, 1.54) is 19.3 Å². The van der Waals surface area contributed by atoms with E-state index in [0.29, 0.717) is 25.9 Å². The lowest BCUT2D eigenvalue weighted by atomic mass is 9.83. The summed E-state index contributed by atoms with van der Waals surface area (Å²) >= 11 is 0. The maximum atomic E-state index is 13.4. The van der Waals surface area contributed by atoms with E-state index in [4.69, 9.17) is 0 Å². The number of carbonyl (C=O) groups excluding carboxylic acids is 4. The molecular formula is C25H44N4O4. The summed E-state index contributed by atoms with van der Waals surface area (Å²) in [7, 11) is 0. The minimum atomic E-state index is -0.768. The molecule has 0 spiro atoms. The molecule has 0 aromatic heterocycles. The molecule has 8 heteroatoms. The Bertz CT molecular complexity index is 712. The zero-order valence-corrected chi connectivity index (χ0v) is 21.3. The lowest BCUT2D eigenvalue weighted by Crippen LogP contribution is -2.58. The number of ketones is 1. The fourth-order valence-corrected chi connectivity index (χ4v) is 4.51. The lowest BCUT2D eigenvalue weighted by Gasteiger charge is -2.31. The van der Waals surface area contributed by atoms with Gasteiger partial charge in [-0.25, -0.2) is 4.79 Å². The van der Waals surface area contributed by atoms with Gasteiger partial charge in [-0.1, -0.05) is 60.8 Å². The predicted molar refractivity (Wildman–Crippen MR) is 129 cm³/mol. The zero-order valence-electron chi connectivity index (χ0n) is 21.3. The van der Waals surface area contributed by atoms with Crippen LogP contribution in [0.15, 0.2) is 0 Å². The maximum absolute atomic E-state index is 13.4. The molecule has 1 saturated carbocycles. The van der Waals surface area contributed by atoms with Crippen LogP contribution in [0.2, 0.25) is 0 Å². The Hall–Kier alpha value is -2.12. The Morgan fingerprint density at radius 1 is 1.00 bits per heavy atom. The van der Waals surface area contributed by atoms with Gasteiger partial charge in [0, 0.05) is 18.5 Å². The molecule has 2 rings (SSSR count). The molecule has 2 fully saturated rings. The van der Waals surface area contributed by atoms with Gasteiger partial charge in [0.25, 0.3) is 0 Å². The molecule has 1 aliphatic carbocycles. The molecule has 3 N–H and O–H groups in total. The van der Waals surface area contributed by atoms with Crippen LogP contribution >= 0.6 is 0 Å². The molecule has 0 bridgehead atoms. The van der Waals surface area contributed by atoms with Crippen molar-refractivity contribution >= 4 is 23.6 Å². The van der Waals surface area contributed by atoms with Crippen LogP contribution in [0.4, 0.5) is 4.79 Å². The molecule has 2 aliphatic rings. The number of amides is 4. The third-order valence-electron chi connectivity index (χ3n) is 6.90. The standard InChI is InChI=1S/C25H44N4O4/c1-7-18(21(30)25(4,5)6)27-24(33)28-20(16(2)3)23(32)29-15-9-12-19(29)22(31)26-14-13-17-10-8-11-17/h16-20H,7-15H2,1-6H3,(H,26,31)(H2,27,28,33). The Morgan fingerprint density at radius 2 is 1.67 bits per heavy atom. The molecule has 0 radical (unpaired) electrons. The van der Waals surface area contributed by atoms with E-state index in [9.17, 15) is 19.2 Å². The lowest BCUT2D eigenvalue weighted by molar-refractivity contribution is -0.140. The van der Waals surface area contributed by atoms with Gasteiger partial charge in [0.2, 0.25) is 11.8 Å². The normalized spacial score (nSPS) is 20.7. The zero-order chi connectivity index (χ0) is 24.8. The van der Waals surface area contributed by atoms with Crippen molar-refractivity contribution in [1.29, 1.82) is 0 Å². The third kappa shape index (κ3) is 7.44. The van der Waals surface area contributed by atoms with Crippen LogP contribution in [-0.2, 0) is 14.4 Å². The molecule has 0 aromatic carbocycles. The van der Waals surface area contributed by atoms with Gasteiger partial charge in [-0.05, 0) is 37.5 Å². The summed E-state index contributed by atoms with van der Waals surface area (Å²) in [6.07, 6.45) is 6.64. The minimum absolute atomic E-state index is 0.0502. The van der Waals surface area contributed by atoms with Gasteiger partial charge in [-0.2, -0.15) is 0 Å². The van der Waals surface area contributed by atoms with Gasteiger partial charge in [0.15, 0.2) is 5.78 Å². The first-order valence-corrected chi connectivity index (χ1v) is 12.6. The Balaban J connectivity index is 1.97. The van der Waals surface area contributed by atoms with E-state index >= 15 is 0 Å². The highest BCUT2D eigenvalue weighted by atomic mass is 16.2. The van der Waals surface area contributed by atoms with Gasteiger partial charge in [-0.15, -0.1) is 0 Å². The smallest absolute Gasteiger partial charge is 0.316 e. The second-order valence-corrected chi connectivity index (χ2v) is 11.0. The number of urea groups is 1. The van der Waals surface area contributed by atoms with Crippen molar-refractivity contribution in [3.8, 4) is 0 Å². The highest BCUT2D eigenvalue weighted by Crippen LogP contribution is 2.29. The van der Waals surface area contributed by atoms with Crippen LogP contribution < -0.4 is 16.0 Å². The SMILES string of the molecule is CCC(NC(=O)NC(C(=O)N1CCCC1C(=O)NCCC1CCC1)C(C)C)C(=O)C(C)(C)C. The van der Waals surface area contributed by atoms with E-state index in [-0.39, 0.29) is 23.5 Å². The van der Waals surface area contributed by atoms with E-state index in [1.807, 2.05) is 41.5 Å². The number of rotatable bonds is 10. The molecule has 0 aromatic rings. The molecule has 33 heavy (non-hydrogen) atoms. The van der Waals surface area contributed by atoms with Crippen molar-refractivity contribution in [3.05, 3.63) is 0 Å². The first-order valence-electron chi connectivity index (χ1n) is 12.6. The summed E-state index contributed by atoms with van der Waals surface area (Å²) in [6, 6.07) is -2.41. The van der Waals surface area contributed by atoms with E-state index < -0.39 is 29.6 Å². The number of carbonyl (C=O) groups is 4. The quantitative estimate of drug-likeness (QED) is 0.462. The van der Waals surface area contributed by atoms with Gasteiger partial charge >= 0.3 is 6.03 Å². The number of hydrogen-bond acceptors (Lipinski definition) is 4. The van der Waals surface area contributed by atoms with E-state index in [1.54, 1.807) is 4.90 Å². The topological polar surface area (TPSA) is 108 Å². The average Bonchev–Trinajstić information content (AvgIpc) is 3.20. The number of hydrogen-bond donors (Lipinski definition) is 3. The van der Waals surface area contributed by atoms with Crippen molar-refractivity contribution in [3.63, 3.8) is 0 Å². The first-order chi connectivity index (χ1) is 15.5. The molecule has 1 saturated heterocycles. The minimum Gasteiger partial charge on any atom is -0.354 e. The highest BCUT2D eigenvalue weighted by molar-refractivity contribution is 5.94. The largest absolute Gasteiger partial charge is 0.354 e. The maximum Gasteiger partial charge on any atom is 0.316 e. The van der Waals surface area contributed by atoms with Crippen LogP contribution in [-0.4, -0.2) is 59.7 Å². The number of nitrogens with one attached hydrogen (secondary N) is 3. The molecule has 3 unspecified atom stereocenters. The van der Waals surface area contributed by atoms with Crippen LogP contribution in [0.5, 0.6) is 0 Å². The Kier molecular flexibility index (Phi) is 9.73. The van der Waals surface area contributed by atoms with Crippen LogP contribution in [0.1, 0.15) is 86.5 Å². The van der Waals surface area contributed by atoms with Crippen molar-refractivity contribution in [2.75, 3.05) is 13.1 Å². The summed E-state index contributed by atoms with van der Waals surface area (Å²) in [5.41, 5.74) is -0.573. The Labute approximate surface area is 199 Å². The number of nitrogens with zero attached hydrogens (tertiary/aromatic N) is 1. The molecule has 1 aliphatic heterocycles. The van der Waals surface area contributed by atoms with Crippen LogP contribution in [0.3, 0.4) is 0 Å². The summed E-state index contributed by atoms with van der Waals surface area (Å²) in [6.45, 7) is 12.2. The number of likely N-dealkylation sites (tertiary alicyclic amines) is 1. The van der Waals surface area contributed by atoms with E-state index in [2.05, 4.69) is 16.0 Å². The van der Waals surface area contributed by atoms with Gasteiger partial charge in [0.05, 0.1) is 6.04 Å². The van der Waals surface area contributed by atoms with Crippen molar-refractivity contribution in [1.82, 2.24) is 20.9 Å². The van der Waals surface area contributed by atoms with Gasteiger partial charge in [-0.3, -0.25) is 14.4 Å². The first kappa shape index (κ1) is 27.1. The van der Waals surface area contributed by atoms with E-state index in [0.717, 1.165) is 18.8 Å². The molecule has 8 nitrogen and oxygen atoms in total. The fraction of sp³-hybridized carbons (Fsp3) is 0.840.